The molecule has 0 bridgehead atoms. The first-order valence-corrected chi connectivity index (χ1v) is 13.0. The second kappa shape index (κ2) is 9.81. The van der Waals surface area contributed by atoms with Crippen molar-refractivity contribution in [1.29, 1.82) is 0 Å². The molecule has 0 unspecified atom stereocenters. The fourth-order valence-electron chi connectivity index (χ4n) is 3.85. The average Bonchev–Trinajstić information content (AvgIpc) is 3.41. The molecule has 0 fully saturated rings. The second-order valence-corrected chi connectivity index (χ2v) is 10.5. The molecule has 0 saturated heterocycles. The van der Waals surface area contributed by atoms with Gasteiger partial charge in [-0.25, -0.2) is 14.8 Å². The van der Waals surface area contributed by atoms with Crippen molar-refractivity contribution in [3.63, 3.8) is 0 Å². The number of ether oxygens (including phenoxy) is 1. The standard InChI is InChI=1S/C25H19ClN4O4S2/c1-3-34-24(33)15-6-9-17-18(10-15)36-25(28-17)29-19(31)11-30-12-27-22-21(23(30)32)20(13(2)35-22)14-4-7-16(26)8-5-14/h4-10,12H,3,11H2,1-2H3,(H,28,29,31). The minimum Gasteiger partial charge on any atom is -0.462 e. The molecule has 0 aliphatic heterocycles. The Bertz CT molecular complexity index is 1690. The first kappa shape index (κ1) is 24.1. The van der Waals surface area contributed by atoms with Crippen LogP contribution >= 0.6 is 34.3 Å². The van der Waals surface area contributed by atoms with Crippen LogP contribution in [0.3, 0.4) is 0 Å². The van der Waals surface area contributed by atoms with Crippen LogP contribution in [0.5, 0.6) is 0 Å². The lowest BCUT2D eigenvalue weighted by Gasteiger charge is -2.06. The highest BCUT2D eigenvalue weighted by Gasteiger charge is 2.18. The molecule has 5 rings (SSSR count). The van der Waals surface area contributed by atoms with Gasteiger partial charge in [-0.2, -0.15) is 0 Å². The van der Waals surface area contributed by atoms with E-state index in [1.807, 2.05) is 19.1 Å². The molecule has 36 heavy (non-hydrogen) atoms. The van der Waals surface area contributed by atoms with Crippen LogP contribution in [-0.4, -0.2) is 33.0 Å². The maximum atomic E-state index is 13.4. The quantitative estimate of drug-likeness (QED) is 0.286. The Kier molecular flexibility index (Phi) is 6.57. The largest absolute Gasteiger partial charge is 0.462 e. The third-order valence-electron chi connectivity index (χ3n) is 5.45. The van der Waals surface area contributed by atoms with Gasteiger partial charge in [0.05, 0.1) is 34.1 Å². The molecule has 0 aliphatic carbocycles. The summed E-state index contributed by atoms with van der Waals surface area (Å²) in [5.41, 5.74) is 2.42. The summed E-state index contributed by atoms with van der Waals surface area (Å²) in [5, 5.41) is 4.19. The molecule has 0 saturated carbocycles. The summed E-state index contributed by atoms with van der Waals surface area (Å²) in [6, 6.07) is 12.3. The van der Waals surface area contributed by atoms with E-state index in [0.29, 0.717) is 31.5 Å². The van der Waals surface area contributed by atoms with Gasteiger partial charge in [0.2, 0.25) is 5.91 Å². The average molecular weight is 539 g/mol. The Morgan fingerprint density at radius 1 is 1.14 bits per heavy atom. The van der Waals surface area contributed by atoms with Crippen molar-refractivity contribution in [3.8, 4) is 11.1 Å². The number of hydrogen-bond donors (Lipinski definition) is 1. The maximum absolute atomic E-state index is 13.4. The summed E-state index contributed by atoms with van der Waals surface area (Å²) >= 11 is 8.69. The smallest absolute Gasteiger partial charge is 0.338 e. The predicted molar refractivity (Wildman–Crippen MR) is 143 cm³/mol. The molecule has 182 valence electrons. The SMILES string of the molecule is CCOC(=O)c1ccc2nc(NC(=O)Cn3cnc4sc(C)c(-c5ccc(Cl)cc5)c4c3=O)sc2c1. The highest BCUT2D eigenvalue weighted by atomic mass is 35.5. The van der Waals surface area contributed by atoms with E-state index >= 15 is 0 Å². The van der Waals surface area contributed by atoms with Crippen molar-refractivity contribution in [1.82, 2.24) is 14.5 Å². The van der Waals surface area contributed by atoms with Crippen molar-refractivity contribution < 1.29 is 14.3 Å². The Labute approximate surface area is 218 Å². The number of nitrogens with zero attached hydrogens (tertiary/aromatic N) is 3. The Morgan fingerprint density at radius 2 is 1.92 bits per heavy atom. The van der Waals surface area contributed by atoms with Crippen LogP contribution in [-0.2, 0) is 16.1 Å². The van der Waals surface area contributed by atoms with E-state index in [2.05, 4.69) is 15.3 Å². The molecule has 0 aliphatic rings. The number of fused-ring (bicyclic) bond motifs is 2. The molecular weight excluding hydrogens is 520 g/mol. The van der Waals surface area contributed by atoms with Gasteiger partial charge in [-0.3, -0.25) is 14.2 Å². The lowest BCUT2D eigenvalue weighted by atomic mass is 10.0. The van der Waals surface area contributed by atoms with Gasteiger partial charge in [-0.1, -0.05) is 35.1 Å². The number of anilines is 1. The second-order valence-electron chi connectivity index (χ2n) is 7.87. The molecular formula is C25H19ClN4O4S2. The van der Waals surface area contributed by atoms with Gasteiger partial charge in [0.15, 0.2) is 5.13 Å². The van der Waals surface area contributed by atoms with Crippen LogP contribution < -0.4 is 10.9 Å². The van der Waals surface area contributed by atoms with Crippen LogP contribution in [0.25, 0.3) is 31.6 Å². The third-order valence-corrected chi connectivity index (χ3v) is 7.65. The summed E-state index contributed by atoms with van der Waals surface area (Å²) in [4.78, 5) is 48.5. The number of nitrogens with one attached hydrogen (secondary N) is 1. The van der Waals surface area contributed by atoms with Gasteiger partial charge in [0.1, 0.15) is 11.4 Å². The van der Waals surface area contributed by atoms with Gasteiger partial charge in [0, 0.05) is 15.5 Å². The van der Waals surface area contributed by atoms with Crippen molar-refractivity contribution in [2.45, 2.75) is 20.4 Å². The minimum absolute atomic E-state index is 0.222. The number of carbonyl (C=O) groups excluding carboxylic acids is 2. The van der Waals surface area contributed by atoms with E-state index in [9.17, 15) is 14.4 Å². The van der Waals surface area contributed by atoms with Crippen LogP contribution in [0.1, 0.15) is 22.2 Å². The Morgan fingerprint density at radius 3 is 2.67 bits per heavy atom. The summed E-state index contributed by atoms with van der Waals surface area (Å²) in [7, 11) is 0. The molecule has 0 radical (unpaired) electrons. The van der Waals surface area contributed by atoms with Crippen LogP contribution in [0, 0.1) is 6.92 Å². The van der Waals surface area contributed by atoms with Gasteiger partial charge < -0.3 is 10.1 Å². The van der Waals surface area contributed by atoms with Crippen LogP contribution in [0.4, 0.5) is 5.13 Å². The minimum atomic E-state index is -0.415. The highest BCUT2D eigenvalue weighted by Crippen LogP contribution is 2.36. The zero-order chi connectivity index (χ0) is 25.4. The maximum Gasteiger partial charge on any atom is 0.338 e. The third kappa shape index (κ3) is 4.62. The van der Waals surface area contributed by atoms with E-state index in [1.165, 1.54) is 33.6 Å². The lowest BCUT2D eigenvalue weighted by molar-refractivity contribution is -0.116. The fraction of sp³-hybridized carbons (Fsp3) is 0.160. The molecule has 0 atom stereocenters. The van der Waals surface area contributed by atoms with Crippen molar-refractivity contribution in [2.24, 2.45) is 0 Å². The zero-order valence-corrected chi connectivity index (χ0v) is 21.6. The molecule has 11 heteroatoms. The highest BCUT2D eigenvalue weighted by molar-refractivity contribution is 7.22. The number of aromatic nitrogens is 3. The zero-order valence-electron chi connectivity index (χ0n) is 19.2. The van der Waals surface area contributed by atoms with Crippen molar-refractivity contribution in [3.05, 3.63) is 74.6 Å². The summed E-state index contributed by atoms with van der Waals surface area (Å²) < 4.78 is 7.05. The van der Waals surface area contributed by atoms with Crippen molar-refractivity contribution in [2.75, 3.05) is 11.9 Å². The number of thiazole rings is 1. The number of esters is 1. The van der Waals surface area contributed by atoms with Gasteiger partial charge in [0.25, 0.3) is 5.56 Å². The molecule has 8 nitrogen and oxygen atoms in total. The molecule has 2 aromatic carbocycles. The summed E-state index contributed by atoms with van der Waals surface area (Å²) in [6.45, 7) is 3.74. The Balaban J connectivity index is 1.40. The number of rotatable bonds is 6. The van der Waals surface area contributed by atoms with E-state index in [4.69, 9.17) is 16.3 Å². The van der Waals surface area contributed by atoms with Gasteiger partial charge in [-0.05, 0) is 49.7 Å². The molecule has 0 spiro atoms. The van der Waals surface area contributed by atoms with Crippen LogP contribution in [0.15, 0.2) is 53.6 Å². The number of aryl methyl sites for hydroxylation is 1. The number of benzene rings is 2. The first-order valence-electron chi connectivity index (χ1n) is 11.0. The molecule has 3 heterocycles. The number of thiophene rings is 1. The van der Waals surface area contributed by atoms with E-state index in [1.54, 1.807) is 37.3 Å². The van der Waals surface area contributed by atoms with Crippen molar-refractivity contribution >= 4 is 71.7 Å². The molecule has 5 aromatic rings. The van der Waals surface area contributed by atoms with Gasteiger partial charge in [-0.15, -0.1) is 11.3 Å². The van der Waals surface area contributed by atoms with E-state index in [0.717, 1.165) is 20.7 Å². The number of halogens is 1. The number of hydrogen-bond acceptors (Lipinski definition) is 8. The topological polar surface area (TPSA) is 103 Å². The van der Waals surface area contributed by atoms with E-state index < -0.39 is 11.9 Å². The predicted octanol–water partition coefficient (Wildman–Crippen LogP) is 5.51. The monoisotopic (exact) mass is 538 g/mol. The Hall–Kier alpha value is -3.60. The first-order chi connectivity index (χ1) is 17.3. The molecule has 1 N–H and O–H groups in total. The van der Waals surface area contributed by atoms with Crippen LogP contribution in [0.2, 0.25) is 5.02 Å². The summed E-state index contributed by atoms with van der Waals surface area (Å²) in [5.74, 6) is -0.829. The summed E-state index contributed by atoms with van der Waals surface area (Å²) in [6.07, 6.45) is 1.38. The molecule has 1 amide bonds. The van der Waals surface area contributed by atoms with E-state index in [-0.39, 0.29) is 18.7 Å². The fourth-order valence-corrected chi connectivity index (χ4v) is 5.90. The normalized spacial score (nSPS) is 11.2. The van der Waals surface area contributed by atoms with Gasteiger partial charge >= 0.3 is 5.97 Å². The lowest BCUT2D eigenvalue weighted by Crippen LogP contribution is -2.27. The number of amides is 1. The number of carbonyl (C=O) groups is 2. The molecule has 3 aromatic heterocycles.